The number of carbonyl (C=O) groups is 2. The van der Waals surface area contributed by atoms with Crippen molar-refractivity contribution in [3.63, 3.8) is 0 Å². The van der Waals surface area contributed by atoms with Gasteiger partial charge in [0, 0.05) is 12.1 Å². The van der Waals surface area contributed by atoms with Gasteiger partial charge in [-0.3, -0.25) is 9.59 Å². The number of benzene rings is 1. The van der Waals surface area contributed by atoms with Gasteiger partial charge in [0.15, 0.2) is 0 Å². The number of nitrogens with one attached hydrogen (secondary N) is 1. The smallest absolute Gasteiger partial charge is 0.323 e. The van der Waals surface area contributed by atoms with Crippen LogP contribution in [0.4, 0.5) is 0 Å². The maximum Gasteiger partial charge on any atom is 0.323 e. The molecule has 0 atom stereocenters. The first-order valence-corrected chi connectivity index (χ1v) is 5.43. The zero-order valence-electron chi connectivity index (χ0n) is 9.75. The molecule has 1 amide bonds. The molecule has 0 saturated heterocycles. The fourth-order valence-electron chi connectivity index (χ4n) is 1.65. The van der Waals surface area contributed by atoms with Gasteiger partial charge in [-0.15, -0.1) is 0 Å². The van der Waals surface area contributed by atoms with Crippen molar-refractivity contribution in [2.75, 3.05) is 13.1 Å². The molecule has 0 aliphatic carbocycles. The van der Waals surface area contributed by atoms with E-state index in [0.29, 0.717) is 23.1 Å². The molecule has 0 radical (unpaired) electrons. The molecule has 1 aromatic carbocycles. The Morgan fingerprint density at radius 1 is 1.33 bits per heavy atom. The summed E-state index contributed by atoms with van der Waals surface area (Å²) in [6.45, 7) is 1.75. The van der Waals surface area contributed by atoms with Crippen LogP contribution in [0.2, 0.25) is 0 Å². The number of aliphatic carboxylic acids is 1. The van der Waals surface area contributed by atoms with Crippen molar-refractivity contribution < 1.29 is 14.7 Å². The van der Waals surface area contributed by atoms with E-state index in [-0.39, 0.29) is 12.5 Å². The van der Waals surface area contributed by atoms with Crippen molar-refractivity contribution in [2.24, 2.45) is 0 Å². The Balaban J connectivity index is 2.28. The number of amides is 1. The molecule has 2 aromatic rings. The van der Waals surface area contributed by atoms with E-state index in [0.717, 1.165) is 0 Å². The van der Waals surface area contributed by atoms with E-state index in [1.807, 2.05) is 0 Å². The van der Waals surface area contributed by atoms with Crippen molar-refractivity contribution >= 4 is 22.9 Å². The highest BCUT2D eigenvalue weighted by Gasteiger charge is 2.17. The molecule has 7 nitrogen and oxygen atoms in total. The Kier molecular flexibility index (Phi) is 3.22. The minimum atomic E-state index is -1.03. The van der Waals surface area contributed by atoms with Gasteiger partial charge in [-0.05, 0) is 25.1 Å². The first kappa shape index (κ1) is 12.0. The number of nitrogens with zero attached hydrogens (tertiary/aromatic N) is 3. The van der Waals surface area contributed by atoms with Crippen LogP contribution < -0.4 is 0 Å². The summed E-state index contributed by atoms with van der Waals surface area (Å²) >= 11 is 0. The van der Waals surface area contributed by atoms with E-state index in [2.05, 4.69) is 15.4 Å². The van der Waals surface area contributed by atoms with E-state index in [9.17, 15) is 9.59 Å². The third-order valence-corrected chi connectivity index (χ3v) is 2.56. The van der Waals surface area contributed by atoms with Gasteiger partial charge in [0.1, 0.15) is 17.6 Å². The molecule has 0 saturated carbocycles. The normalized spacial score (nSPS) is 10.5. The fourth-order valence-corrected chi connectivity index (χ4v) is 1.65. The number of likely N-dealkylation sites (N-methyl/N-ethyl adjacent to an activating group) is 1. The number of aromatic amines is 1. The monoisotopic (exact) mass is 248 g/mol. The SMILES string of the molecule is CCN(CC(=O)O)C(=O)c1ccc2n[nH]nc2c1. The molecule has 2 rings (SSSR count). The zero-order chi connectivity index (χ0) is 13.1. The molecule has 0 bridgehead atoms. The number of H-pyrrole nitrogens is 1. The van der Waals surface area contributed by atoms with Crippen molar-refractivity contribution in [3.05, 3.63) is 23.8 Å². The van der Waals surface area contributed by atoms with Gasteiger partial charge in [0.2, 0.25) is 0 Å². The van der Waals surface area contributed by atoms with Crippen molar-refractivity contribution in [2.45, 2.75) is 6.92 Å². The molecule has 0 aliphatic rings. The lowest BCUT2D eigenvalue weighted by atomic mass is 10.1. The largest absolute Gasteiger partial charge is 0.480 e. The van der Waals surface area contributed by atoms with Crippen LogP contribution in [0.1, 0.15) is 17.3 Å². The highest BCUT2D eigenvalue weighted by atomic mass is 16.4. The maximum atomic E-state index is 12.1. The molecule has 7 heteroatoms. The Labute approximate surface area is 102 Å². The van der Waals surface area contributed by atoms with Crippen molar-refractivity contribution in [1.82, 2.24) is 20.3 Å². The molecule has 0 aliphatic heterocycles. The van der Waals surface area contributed by atoms with Gasteiger partial charge < -0.3 is 10.0 Å². The van der Waals surface area contributed by atoms with Crippen LogP contribution >= 0.6 is 0 Å². The molecule has 2 N–H and O–H groups in total. The molecule has 1 aromatic heterocycles. The number of carboxylic acid groups (broad SMARTS) is 1. The molecule has 0 spiro atoms. The lowest BCUT2D eigenvalue weighted by Crippen LogP contribution is -2.35. The maximum absolute atomic E-state index is 12.1. The summed E-state index contributed by atoms with van der Waals surface area (Å²) in [4.78, 5) is 24.0. The predicted molar refractivity (Wildman–Crippen MR) is 63.1 cm³/mol. The highest BCUT2D eigenvalue weighted by molar-refractivity contribution is 5.98. The number of rotatable bonds is 4. The number of hydrogen-bond donors (Lipinski definition) is 2. The first-order chi connectivity index (χ1) is 8.61. The number of carbonyl (C=O) groups excluding carboxylic acids is 1. The number of aromatic nitrogens is 3. The second kappa shape index (κ2) is 4.82. The molecule has 1 heterocycles. The van der Waals surface area contributed by atoms with Gasteiger partial charge in [-0.2, -0.15) is 15.4 Å². The highest BCUT2D eigenvalue weighted by Crippen LogP contribution is 2.12. The predicted octanol–water partition coefficient (Wildman–Crippen LogP) is 0.505. The molecule has 0 unspecified atom stereocenters. The van der Waals surface area contributed by atoms with Crippen LogP contribution in [0.25, 0.3) is 11.0 Å². The minimum Gasteiger partial charge on any atom is -0.480 e. The van der Waals surface area contributed by atoms with E-state index in [1.54, 1.807) is 25.1 Å². The Hall–Kier alpha value is -2.44. The average Bonchev–Trinajstić information content (AvgIpc) is 2.81. The fraction of sp³-hybridized carbons (Fsp3) is 0.273. The second-order valence-electron chi connectivity index (χ2n) is 3.74. The van der Waals surface area contributed by atoms with Crippen LogP contribution in [0, 0.1) is 0 Å². The topological polar surface area (TPSA) is 99.2 Å². The quantitative estimate of drug-likeness (QED) is 0.821. The number of hydrogen-bond acceptors (Lipinski definition) is 4. The summed E-state index contributed by atoms with van der Waals surface area (Å²) < 4.78 is 0. The summed E-state index contributed by atoms with van der Waals surface area (Å²) in [6, 6.07) is 4.87. The van der Waals surface area contributed by atoms with E-state index in [1.165, 1.54) is 4.90 Å². The zero-order valence-corrected chi connectivity index (χ0v) is 9.75. The lowest BCUT2D eigenvalue weighted by molar-refractivity contribution is -0.137. The van der Waals surface area contributed by atoms with Gasteiger partial charge >= 0.3 is 5.97 Å². The van der Waals surface area contributed by atoms with Gasteiger partial charge in [-0.1, -0.05) is 0 Å². The minimum absolute atomic E-state index is 0.313. The average molecular weight is 248 g/mol. The van der Waals surface area contributed by atoms with Gasteiger partial charge in [0.25, 0.3) is 5.91 Å². The summed E-state index contributed by atoms with van der Waals surface area (Å²) in [7, 11) is 0. The third kappa shape index (κ3) is 2.29. The Bertz CT molecular complexity index is 593. The molecular weight excluding hydrogens is 236 g/mol. The Morgan fingerprint density at radius 2 is 2.06 bits per heavy atom. The molecular formula is C11H12N4O3. The first-order valence-electron chi connectivity index (χ1n) is 5.43. The van der Waals surface area contributed by atoms with E-state index in [4.69, 9.17) is 5.11 Å². The van der Waals surface area contributed by atoms with E-state index >= 15 is 0 Å². The summed E-state index contributed by atoms with van der Waals surface area (Å²) in [5, 5.41) is 19.0. The van der Waals surface area contributed by atoms with Crippen molar-refractivity contribution in [1.29, 1.82) is 0 Å². The van der Waals surface area contributed by atoms with Crippen LogP contribution in [0.5, 0.6) is 0 Å². The number of carboxylic acids is 1. The molecule has 18 heavy (non-hydrogen) atoms. The van der Waals surface area contributed by atoms with E-state index < -0.39 is 5.97 Å². The second-order valence-corrected chi connectivity index (χ2v) is 3.74. The number of fused-ring (bicyclic) bond motifs is 1. The third-order valence-electron chi connectivity index (χ3n) is 2.56. The summed E-state index contributed by atoms with van der Waals surface area (Å²) in [5.74, 6) is -1.36. The van der Waals surface area contributed by atoms with Gasteiger partial charge in [-0.25, -0.2) is 0 Å². The Morgan fingerprint density at radius 3 is 2.72 bits per heavy atom. The van der Waals surface area contributed by atoms with Crippen LogP contribution in [0.15, 0.2) is 18.2 Å². The van der Waals surface area contributed by atoms with Crippen LogP contribution in [-0.4, -0.2) is 50.4 Å². The molecule has 94 valence electrons. The van der Waals surface area contributed by atoms with Crippen molar-refractivity contribution in [3.8, 4) is 0 Å². The summed E-state index contributed by atoms with van der Waals surface area (Å²) in [6.07, 6.45) is 0. The lowest BCUT2D eigenvalue weighted by Gasteiger charge is -2.18. The van der Waals surface area contributed by atoms with Gasteiger partial charge in [0.05, 0.1) is 0 Å². The molecule has 0 fully saturated rings. The van der Waals surface area contributed by atoms with Crippen LogP contribution in [-0.2, 0) is 4.79 Å². The summed E-state index contributed by atoms with van der Waals surface area (Å²) in [5.41, 5.74) is 1.64. The van der Waals surface area contributed by atoms with Crippen LogP contribution in [0.3, 0.4) is 0 Å². The standard InChI is InChI=1S/C11H12N4O3/c1-2-15(6-10(16)17)11(18)7-3-4-8-9(5-7)13-14-12-8/h3-5H,2,6H2,1H3,(H,16,17)(H,12,13,14).